The average molecular weight is 287 g/mol. The molecule has 2 unspecified atom stereocenters. The molecule has 0 bridgehead atoms. The van der Waals surface area contributed by atoms with Crippen LogP contribution in [0.15, 0.2) is 30.5 Å². The Labute approximate surface area is 122 Å². The maximum Gasteiger partial charge on any atom is 0.329 e. The first-order chi connectivity index (χ1) is 10.2. The predicted molar refractivity (Wildman–Crippen MR) is 79.2 cm³/mol. The van der Waals surface area contributed by atoms with E-state index in [0.29, 0.717) is 23.2 Å². The van der Waals surface area contributed by atoms with E-state index >= 15 is 0 Å². The van der Waals surface area contributed by atoms with Gasteiger partial charge in [0.2, 0.25) is 5.75 Å². The van der Waals surface area contributed by atoms with E-state index in [2.05, 4.69) is 4.98 Å². The molecule has 6 heteroatoms. The molecule has 2 aromatic rings. The van der Waals surface area contributed by atoms with Gasteiger partial charge in [0, 0.05) is 11.3 Å². The first-order valence-electron chi connectivity index (χ1n) is 7.09. The lowest BCUT2D eigenvalue weighted by molar-refractivity contribution is -0.386. The van der Waals surface area contributed by atoms with Gasteiger partial charge in [0.05, 0.1) is 10.4 Å². The summed E-state index contributed by atoms with van der Waals surface area (Å²) in [7, 11) is 0. The summed E-state index contributed by atoms with van der Waals surface area (Å²) in [4.78, 5) is 14.9. The lowest BCUT2D eigenvalue weighted by Gasteiger charge is -2.20. The van der Waals surface area contributed by atoms with Crippen LogP contribution in [0.2, 0.25) is 0 Å². The van der Waals surface area contributed by atoms with Gasteiger partial charge in [-0.05, 0) is 37.9 Å². The standard InChI is InChI=1S/C15H17N3O3/c16-8-10-4-3-7-14(10)21-15-11-5-1-2-6-12(11)17-9-13(15)18(19)20/h1-2,5-6,9-10,14H,3-4,7-8,16H2. The third-order valence-electron chi connectivity index (χ3n) is 4.07. The zero-order chi connectivity index (χ0) is 14.8. The quantitative estimate of drug-likeness (QED) is 0.689. The number of hydrogen-bond acceptors (Lipinski definition) is 5. The number of nitrogens with two attached hydrogens (primary N) is 1. The Kier molecular flexibility index (Phi) is 3.70. The van der Waals surface area contributed by atoms with Crippen LogP contribution in [0, 0.1) is 16.0 Å². The molecule has 1 aliphatic carbocycles. The van der Waals surface area contributed by atoms with Gasteiger partial charge in [0.25, 0.3) is 0 Å². The van der Waals surface area contributed by atoms with Crippen LogP contribution < -0.4 is 10.5 Å². The van der Waals surface area contributed by atoms with E-state index in [0.717, 1.165) is 19.3 Å². The van der Waals surface area contributed by atoms with Gasteiger partial charge in [0.1, 0.15) is 12.3 Å². The number of hydrogen-bond donors (Lipinski definition) is 1. The van der Waals surface area contributed by atoms with Crippen molar-refractivity contribution in [1.82, 2.24) is 4.98 Å². The topological polar surface area (TPSA) is 91.3 Å². The van der Waals surface area contributed by atoms with Crippen LogP contribution in [0.25, 0.3) is 10.9 Å². The van der Waals surface area contributed by atoms with Crippen LogP contribution >= 0.6 is 0 Å². The highest BCUT2D eigenvalue weighted by atomic mass is 16.6. The third-order valence-corrected chi connectivity index (χ3v) is 4.07. The smallest absolute Gasteiger partial charge is 0.329 e. The van der Waals surface area contributed by atoms with Crippen LogP contribution in [0.4, 0.5) is 5.69 Å². The summed E-state index contributed by atoms with van der Waals surface area (Å²) in [6.07, 6.45) is 4.15. The Morgan fingerprint density at radius 3 is 2.95 bits per heavy atom. The molecule has 110 valence electrons. The van der Waals surface area contributed by atoms with E-state index in [4.69, 9.17) is 10.5 Å². The Morgan fingerprint density at radius 2 is 2.19 bits per heavy atom. The molecule has 1 heterocycles. The summed E-state index contributed by atoms with van der Waals surface area (Å²) in [6.45, 7) is 0.543. The zero-order valence-corrected chi connectivity index (χ0v) is 11.6. The van der Waals surface area contributed by atoms with Crippen molar-refractivity contribution < 1.29 is 9.66 Å². The number of nitro groups is 1. The van der Waals surface area contributed by atoms with E-state index in [1.54, 1.807) is 6.07 Å². The summed E-state index contributed by atoms with van der Waals surface area (Å²) < 4.78 is 6.02. The third kappa shape index (κ3) is 2.54. The summed E-state index contributed by atoms with van der Waals surface area (Å²) in [5.41, 5.74) is 6.37. The second kappa shape index (κ2) is 5.65. The zero-order valence-electron chi connectivity index (χ0n) is 11.6. The highest BCUT2D eigenvalue weighted by Gasteiger charge is 2.31. The molecular formula is C15H17N3O3. The summed E-state index contributed by atoms with van der Waals surface area (Å²) in [5, 5.41) is 11.9. The highest BCUT2D eigenvalue weighted by molar-refractivity contribution is 5.88. The number of rotatable bonds is 4. The van der Waals surface area contributed by atoms with Crippen molar-refractivity contribution in [3.8, 4) is 5.75 Å². The SMILES string of the molecule is NCC1CCCC1Oc1c([N+](=O)[O-])cnc2ccccc12. The molecule has 0 saturated heterocycles. The maximum absolute atomic E-state index is 11.3. The van der Waals surface area contributed by atoms with Gasteiger partial charge in [-0.1, -0.05) is 12.1 Å². The second-order valence-electron chi connectivity index (χ2n) is 5.33. The molecule has 0 radical (unpaired) electrons. The molecule has 6 nitrogen and oxygen atoms in total. The molecule has 1 aromatic carbocycles. The van der Waals surface area contributed by atoms with Crippen LogP contribution in [0.1, 0.15) is 19.3 Å². The van der Waals surface area contributed by atoms with E-state index in [1.165, 1.54) is 6.20 Å². The lowest BCUT2D eigenvalue weighted by atomic mass is 10.1. The predicted octanol–water partition coefficient (Wildman–Crippen LogP) is 2.65. The fraction of sp³-hybridized carbons (Fsp3) is 0.400. The van der Waals surface area contributed by atoms with Gasteiger partial charge in [-0.15, -0.1) is 0 Å². The van der Waals surface area contributed by atoms with E-state index in [-0.39, 0.29) is 17.7 Å². The normalized spacial score (nSPS) is 21.6. The van der Waals surface area contributed by atoms with Gasteiger partial charge >= 0.3 is 5.69 Å². The number of aromatic nitrogens is 1. The van der Waals surface area contributed by atoms with Crippen LogP contribution in [-0.4, -0.2) is 22.6 Å². The van der Waals surface area contributed by atoms with Gasteiger partial charge in [-0.25, -0.2) is 4.98 Å². The fourth-order valence-electron chi connectivity index (χ4n) is 2.94. The van der Waals surface area contributed by atoms with E-state index < -0.39 is 4.92 Å². The van der Waals surface area contributed by atoms with E-state index in [1.807, 2.05) is 18.2 Å². The fourth-order valence-corrected chi connectivity index (χ4v) is 2.94. The lowest BCUT2D eigenvalue weighted by Crippen LogP contribution is -2.28. The van der Waals surface area contributed by atoms with Gasteiger partial charge < -0.3 is 10.5 Å². The maximum atomic E-state index is 11.3. The van der Waals surface area contributed by atoms with Crippen molar-refractivity contribution in [2.75, 3.05) is 6.54 Å². The summed E-state index contributed by atoms with van der Waals surface area (Å²) in [6, 6.07) is 7.30. The van der Waals surface area contributed by atoms with Crippen molar-refractivity contribution in [2.45, 2.75) is 25.4 Å². The second-order valence-corrected chi connectivity index (χ2v) is 5.33. The molecule has 0 aliphatic heterocycles. The first-order valence-corrected chi connectivity index (χ1v) is 7.09. The van der Waals surface area contributed by atoms with E-state index in [9.17, 15) is 10.1 Å². The minimum Gasteiger partial charge on any atom is -0.483 e. The molecule has 0 spiro atoms. The monoisotopic (exact) mass is 287 g/mol. The average Bonchev–Trinajstić information content (AvgIpc) is 2.94. The summed E-state index contributed by atoms with van der Waals surface area (Å²) >= 11 is 0. The molecule has 1 aromatic heterocycles. The van der Waals surface area contributed by atoms with Crippen molar-refractivity contribution in [3.05, 3.63) is 40.6 Å². The first kappa shape index (κ1) is 13.8. The number of ether oxygens (including phenoxy) is 1. The van der Waals surface area contributed by atoms with Gasteiger partial charge in [0.15, 0.2) is 0 Å². The molecular weight excluding hydrogens is 270 g/mol. The summed E-state index contributed by atoms with van der Waals surface area (Å²) in [5.74, 6) is 0.576. The van der Waals surface area contributed by atoms with Crippen LogP contribution in [0.5, 0.6) is 5.75 Å². The Balaban J connectivity index is 2.06. The Morgan fingerprint density at radius 1 is 1.38 bits per heavy atom. The number of nitrogens with zero attached hydrogens (tertiary/aromatic N) is 2. The van der Waals surface area contributed by atoms with Crippen molar-refractivity contribution in [1.29, 1.82) is 0 Å². The molecule has 2 atom stereocenters. The molecule has 1 aliphatic rings. The van der Waals surface area contributed by atoms with Crippen molar-refractivity contribution in [2.24, 2.45) is 11.7 Å². The minimum absolute atomic E-state index is 0.0560. The van der Waals surface area contributed by atoms with Crippen LogP contribution in [-0.2, 0) is 0 Å². The van der Waals surface area contributed by atoms with Crippen LogP contribution in [0.3, 0.4) is 0 Å². The van der Waals surface area contributed by atoms with Crippen molar-refractivity contribution in [3.63, 3.8) is 0 Å². The van der Waals surface area contributed by atoms with Crippen molar-refractivity contribution >= 4 is 16.6 Å². The Bertz CT molecular complexity index is 674. The number of fused-ring (bicyclic) bond motifs is 1. The molecule has 1 saturated carbocycles. The van der Waals surface area contributed by atoms with Gasteiger partial charge in [-0.3, -0.25) is 10.1 Å². The Hall–Kier alpha value is -2.21. The number of pyridine rings is 1. The molecule has 0 amide bonds. The molecule has 21 heavy (non-hydrogen) atoms. The molecule has 3 rings (SSSR count). The number of para-hydroxylation sites is 1. The largest absolute Gasteiger partial charge is 0.483 e. The number of benzene rings is 1. The molecule has 2 N–H and O–H groups in total. The van der Waals surface area contributed by atoms with Gasteiger partial charge in [-0.2, -0.15) is 0 Å². The minimum atomic E-state index is -0.443. The highest BCUT2D eigenvalue weighted by Crippen LogP contribution is 2.38. The molecule has 1 fully saturated rings.